The minimum atomic E-state index is -0.787. The Balaban J connectivity index is 1.92. The number of thiazole rings is 1. The van der Waals surface area contributed by atoms with Gasteiger partial charge in [-0.15, -0.1) is 0 Å². The van der Waals surface area contributed by atoms with Gasteiger partial charge < -0.3 is 18.9 Å². The van der Waals surface area contributed by atoms with Crippen molar-refractivity contribution in [2.75, 3.05) is 20.3 Å². The molecule has 0 N–H and O–H groups in total. The van der Waals surface area contributed by atoms with Gasteiger partial charge in [-0.05, 0) is 62.2 Å². The summed E-state index contributed by atoms with van der Waals surface area (Å²) in [7, 11) is 1.55. The van der Waals surface area contributed by atoms with Crippen LogP contribution in [-0.4, -0.2) is 36.8 Å². The molecule has 1 aromatic heterocycles. The quantitative estimate of drug-likeness (QED) is 0.322. The number of aromatic nitrogens is 1. The molecule has 198 valence electrons. The fraction of sp³-hybridized carbons (Fsp3) is 0.286. The van der Waals surface area contributed by atoms with Crippen molar-refractivity contribution in [2.24, 2.45) is 4.99 Å². The van der Waals surface area contributed by atoms with Gasteiger partial charge in [0, 0.05) is 6.92 Å². The van der Waals surface area contributed by atoms with Crippen molar-refractivity contribution in [2.45, 2.75) is 33.7 Å². The molecule has 2 aromatic carbocycles. The van der Waals surface area contributed by atoms with E-state index in [0.29, 0.717) is 50.0 Å². The van der Waals surface area contributed by atoms with Crippen LogP contribution in [0.5, 0.6) is 17.2 Å². The molecule has 0 unspecified atom stereocenters. The fourth-order valence-corrected chi connectivity index (χ4v) is 5.27. The molecule has 2 heterocycles. The first-order valence-corrected chi connectivity index (χ1v) is 12.9. The summed E-state index contributed by atoms with van der Waals surface area (Å²) in [6.45, 7) is 7.23. The van der Waals surface area contributed by atoms with E-state index in [1.54, 1.807) is 69.5 Å². The van der Waals surface area contributed by atoms with Gasteiger partial charge in [0.1, 0.15) is 5.75 Å². The highest BCUT2D eigenvalue weighted by atomic mass is 32.1. The molecule has 0 bridgehead atoms. The first-order chi connectivity index (χ1) is 18.3. The molecule has 3 aromatic rings. The van der Waals surface area contributed by atoms with Gasteiger partial charge in [0.25, 0.3) is 5.56 Å². The maximum atomic E-state index is 13.8. The number of allylic oxidation sites excluding steroid dienone is 1. The van der Waals surface area contributed by atoms with Crippen LogP contribution in [0.3, 0.4) is 0 Å². The lowest BCUT2D eigenvalue weighted by molar-refractivity contribution is -0.139. The highest BCUT2D eigenvalue weighted by molar-refractivity contribution is 7.07. The largest absolute Gasteiger partial charge is 0.493 e. The maximum Gasteiger partial charge on any atom is 0.338 e. The van der Waals surface area contributed by atoms with E-state index in [9.17, 15) is 14.4 Å². The summed E-state index contributed by atoms with van der Waals surface area (Å²) in [5.41, 5.74) is 1.74. The van der Waals surface area contributed by atoms with Crippen LogP contribution in [0.1, 0.15) is 44.9 Å². The molecule has 0 fully saturated rings. The molecule has 0 aliphatic carbocycles. The van der Waals surface area contributed by atoms with Crippen molar-refractivity contribution in [1.82, 2.24) is 4.57 Å². The summed E-state index contributed by atoms with van der Waals surface area (Å²) in [4.78, 5) is 43.3. The van der Waals surface area contributed by atoms with Crippen LogP contribution >= 0.6 is 11.3 Å². The minimum Gasteiger partial charge on any atom is -0.493 e. The predicted molar refractivity (Wildman–Crippen MR) is 142 cm³/mol. The second kappa shape index (κ2) is 11.5. The van der Waals surface area contributed by atoms with Crippen molar-refractivity contribution < 1.29 is 28.5 Å². The number of carbonyl (C=O) groups is 2. The molecule has 0 saturated heterocycles. The first kappa shape index (κ1) is 26.9. The molecule has 4 rings (SSSR count). The Hall–Kier alpha value is -4.18. The number of hydrogen-bond acceptors (Lipinski definition) is 9. The number of carbonyl (C=O) groups excluding carboxylic acids is 2. The number of methoxy groups -OCH3 is 1. The second-order valence-corrected chi connectivity index (χ2v) is 9.32. The third-order valence-electron chi connectivity index (χ3n) is 5.74. The van der Waals surface area contributed by atoms with E-state index in [2.05, 4.69) is 4.99 Å². The molecule has 10 heteroatoms. The molecule has 1 aliphatic rings. The third kappa shape index (κ3) is 5.40. The van der Waals surface area contributed by atoms with Crippen LogP contribution in [-0.2, 0) is 14.3 Å². The van der Waals surface area contributed by atoms with E-state index in [1.807, 2.05) is 6.92 Å². The molecular weight excluding hydrogens is 508 g/mol. The number of benzene rings is 2. The van der Waals surface area contributed by atoms with Crippen molar-refractivity contribution in [3.63, 3.8) is 0 Å². The smallest absolute Gasteiger partial charge is 0.338 e. The monoisotopic (exact) mass is 536 g/mol. The normalized spacial score (nSPS) is 15.0. The maximum absolute atomic E-state index is 13.8. The van der Waals surface area contributed by atoms with Gasteiger partial charge in [-0.1, -0.05) is 29.5 Å². The van der Waals surface area contributed by atoms with E-state index < -0.39 is 18.0 Å². The zero-order valence-electron chi connectivity index (χ0n) is 21.8. The average molecular weight is 537 g/mol. The highest BCUT2D eigenvalue weighted by Gasteiger charge is 2.34. The lowest BCUT2D eigenvalue weighted by Crippen LogP contribution is -2.40. The topological polar surface area (TPSA) is 105 Å². The zero-order chi connectivity index (χ0) is 27.4. The van der Waals surface area contributed by atoms with Gasteiger partial charge in [-0.25, -0.2) is 9.79 Å². The number of fused-ring (bicyclic) bond motifs is 1. The van der Waals surface area contributed by atoms with Gasteiger partial charge in [0.15, 0.2) is 16.3 Å². The van der Waals surface area contributed by atoms with Crippen molar-refractivity contribution in [3.05, 3.63) is 84.5 Å². The van der Waals surface area contributed by atoms with Crippen molar-refractivity contribution in [1.29, 1.82) is 0 Å². The Morgan fingerprint density at radius 3 is 2.58 bits per heavy atom. The van der Waals surface area contributed by atoms with Crippen molar-refractivity contribution in [3.8, 4) is 17.2 Å². The number of rotatable bonds is 8. The Kier molecular flexibility index (Phi) is 8.11. The minimum absolute atomic E-state index is 0.179. The molecule has 0 amide bonds. The van der Waals surface area contributed by atoms with Crippen LogP contribution < -0.4 is 29.1 Å². The summed E-state index contributed by atoms with van der Waals surface area (Å²) >= 11 is 1.21. The van der Waals surface area contributed by atoms with E-state index >= 15 is 0 Å². The number of hydrogen-bond donors (Lipinski definition) is 0. The van der Waals surface area contributed by atoms with Gasteiger partial charge in [0.2, 0.25) is 0 Å². The van der Waals surface area contributed by atoms with Crippen LogP contribution in [0.15, 0.2) is 63.5 Å². The van der Waals surface area contributed by atoms with E-state index in [4.69, 9.17) is 18.9 Å². The summed E-state index contributed by atoms with van der Waals surface area (Å²) < 4.78 is 23.6. The molecule has 9 nitrogen and oxygen atoms in total. The summed E-state index contributed by atoms with van der Waals surface area (Å²) in [6.07, 6.45) is 1.71. The SMILES string of the molecule is CCOC(=O)C1=C(C)N=c2s/c(=C\c3cccc(OC(C)=O)c3)c(=O)n2[C@H]1c1ccc(OC)c(OCC)c1. The zero-order valence-corrected chi connectivity index (χ0v) is 22.6. The lowest BCUT2D eigenvalue weighted by atomic mass is 9.95. The van der Waals surface area contributed by atoms with E-state index in [1.165, 1.54) is 22.8 Å². The van der Waals surface area contributed by atoms with Crippen LogP contribution in [0, 0.1) is 0 Å². The summed E-state index contributed by atoms with van der Waals surface area (Å²) in [6, 6.07) is 11.4. The van der Waals surface area contributed by atoms with Gasteiger partial charge in [0.05, 0.1) is 42.2 Å². The molecule has 0 radical (unpaired) electrons. The first-order valence-electron chi connectivity index (χ1n) is 12.1. The second-order valence-electron chi connectivity index (χ2n) is 8.31. The summed E-state index contributed by atoms with van der Waals surface area (Å²) in [5, 5.41) is 0. The molecule has 0 saturated carbocycles. The van der Waals surface area contributed by atoms with Crippen LogP contribution in [0.2, 0.25) is 0 Å². The summed E-state index contributed by atoms with van der Waals surface area (Å²) in [5.74, 6) is 0.424. The van der Waals surface area contributed by atoms with Crippen LogP contribution in [0.4, 0.5) is 0 Å². The Labute approximate surface area is 223 Å². The highest BCUT2D eigenvalue weighted by Crippen LogP contribution is 2.36. The Bertz CT molecular complexity index is 1600. The lowest BCUT2D eigenvalue weighted by Gasteiger charge is -2.25. The molecular formula is C28H28N2O7S. The van der Waals surface area contributed by atoms with Crippen molar-refractivity contribution >= 4 is 29.4 Å². The van der Waals surface area contributed by atoms with Gasteiger partial charge in [-0.3, -0.25) is 14.2 Å². The fourth-order valence-electron chi connectivity index (χ4n) is 4.22. The number of esters is 2. The van der Waals surface area contributed by atoms with Gasteiger partial charge in [-0.2, -0.15) is 0 Å². The number of nitrogens with zero attached hydrogens (tertiary/aromatic N) is 2. The Morgan fingerprint density at radius 1 is 1.11 bits per heavy atom. The molecule has 1 atom stereocenters. The predicted octanol–water partition coefficient (Wildman–Crippen LogP) is 3.13. The van der Waals surface area contributed by atoms with Gasteiger partial charge >= 0.3 is 11.9 Å². The van der Waals surface area contributed by atoms with Crippen LogP contribution in [0.25, 0.3) is 6.08 Å². The molecule has 1 aliphatic heterocycles. The Morgan fingerprint density at radius 2 is 1.89 bits per heavy atom. The van der Waals surface area contributed by atoms with E-state index in [-0.39, 0.29) is 17.7 Å². The average Bonchev–Trinajstić information content (AvgIpc) is 3.17. The number of ether oxygens (including phenoxy) is 4. The van der Waals surface area contributed by atoms with E-state index in [0.717, 1.165) is 0 Å². The third-order valence-corrected chi connectivity index (χ3v) is 6.72. The molecule has 38 heavy (non-hydrogen) atoms. The standard InChI is InChI=1S/C28H28N2O7S/c1-6-35-22-15-19(11-12-21(22)34-5)25-24(27(33)36-7-2)16(3)29-28-30(25)26(32)23(38-28)14-18-9-8-10-20(13-18)37-17(4)31/h8-15,25H,6-7H2,1-5H3/b23-14-/t25-/m0/s1. The molecule has 0 spiro atoms.